The Hall–Kier alpha value is -4.27. The van der Waals surface area contributed by atoms with Crippen LogP contribution >= 0.6 is 0 Å². The number of nitrogens with zero attached hydrogens (tertiary/aromatic N) is 1. The van der Waals surface area contributed by atoms with Crippen LogP contribution in [-0.2, 0) is 11.3 Å². The highest BCUT2D eigenvalue weighted by Gasteiger charge is 2.09. The van der Waals surface area contributed by atoms with Crippen molar-refractivity contribution in [3.63, 3.8) is 0 Å². The maximum atomic E-state index is 12.4. The maximum Gasteiger partial charge on any atom is 0.308 e. The first kappa shape index (κ1) is 20.5. The third kappa shape index (κ3) is 5.61. The highest BCUT2D eigenvalue weighted by atomic mass is 16.5. The van der Waals surface area contributed by atoms with Gasteiger partial charge >= 0.3 is 5.97 Å². The number of esters is 1. The number of nitrogens with one attached hydrogen (secondary N) is 3. The van der Waals surface area contributed by atoms with Crippen LogP contribution in [0.25, 0.3) is 0 Å². The summed E-state index contributed by atoms with van der Waals surface area (Å²) in [6.45, 7) is 1.53. The summed E-state index contributed by atoms with van der Waals surface area (Å²) >= 11 is 0. The Labute approximate surface area is 171 Å². The predicted octanol–water partition coefficient (Wildman–Crippen LogP) is 1.88. The monoisotopic (exact) mass is 406 g/mol. The number of rotatable bonds is 6. The van der Waals surface area contributed by atoms with E-state index in [4.69, 9.17) is 4.74 Å². The second-order valence-corrected chi connectivity index (χ2v) is 6.26. The van der Waals surface area contributed by atoms with Crippen molar-refractivity contribution >= 4 is 23.5 Å². The van der Waals surface area contributed by atoms with Crippen LogP contribution in [0.5, 0.6) is 5.75 Å². The van der Waals surface area contributed by atoms with Gasteiger partial charge in [0.1, 0.15) is 11.4 Å². The van der Waals surface area contributed by atoms with Crippen molar-refractivity contribution in [2.24, 2.45) is 0 Å². The molecule has 9 heteroatoms. The Balaban J connectivity index is 1.57. The Morgan fingerprint density at radius 1 is 1.00 bits per heavy atom. The van der Waals surface area contributed by atoms with E-state index in [1.54, 1.807) is 42.5 Å². The number of ether oxygens (including phenoxy) is 1. The van der Waals surface area contributed by atoms with Gasteiger partial charge in [0, 0.05) is 30.8 Å². The van der Waals surface area contributed by atoms with Crippen LogP contribution in [-0.4, -0.2) is 28.0 Å². The first-order chi connectivity index (χ1) is 14.4. The van der Waals surface area contributed by atoms with Crippen LogP contribution in [0.2, 0.25) is 0 Å². The lowest BCUT2D eigenvalue weighted by Crippen LogP contribution is -2.25. The van der Waals surface area contributed by atoms with E-state index in [1.807, 2.05) is 0 Å². The van der Waals surface area contributed by atoms with Crippen LogP contribution in [0.15, 0.2) is 65.5 Å². The first-order valence-corrected chi connectivity index (χ1v) is 8.93. The number of carbonyl (C=O) groups excluding carboxylic acids is 3. The molecule has 0 atom stereocenters. The number of aromatic amines is 1. The Morgan fingerprint density at radius 3 is 2.43 bits per heavy atom. The van der Waals surface area contributed by atoms with Crippen molar-refractivity contribution in [2.75, 3.05) is 5.32 Å². The fraction of sp³-hybridized carbons (Fsp3) is 0.0952. The Morgan fingerprint density at radius 2 is 1.77 bits per heavy atom. The summed E-state index contributed by atoms with van der Waals surface area (Å²) in [5.74, 6) is -0.949. The molecule has 3 aromatic rings. The lowest BCUT2D eigenvalue weighted by atomic mass is 10.1. The van der Waals surface area contributed by atoms with Gasteiger partial charge in [0.2, 0.25) is 0 Å². The predicted molar refractivity (Wildman–Crippen MR) is 108 cm³/mol. The number of anilines is 1. The third-order valence-electron chi connectivity index (χ3n) is 3.93. The number of hydrogen-bond acceptors (Lipinski definition) is 6. The van der Waals surface area contributed by atoms with Gasteiger partial charge in [-0.25, -0.2) is 5.10 Å². The van der Waals surface area contributed by atoms with Crippen LogP contribution < -0.4 is 20.9 Å². The average Bonchev–Trinajstić information content (AvgIpc) is 2.73. The van der Waals surface area contributed by atoms with Crippen LogP contribution in [0.4, 0.5) is 5.69 Å². The summed E-state index contributed by atoms with van der Waals surface area (Å²) in [7, 11) is 0. The zero-order chi connectivity index (χ0) is 21.5. The van der Waals surface area contributed by atoms with Crippen LogP contribution in [0.3, 0.4) is 0 Å². The summed E-state index contributed by atoms with van der Waals surface area (Å²) in [6, 6.07) is 15.8. The van der Waals surface area contributed by atoms with Crippen LogP contribution in [0, 0.1) is 0 Å². The minimum Gasteiger partial charge on any atom is -0.427 e. The number of benzene rings is 2. The topological polar surface area (TPSA) is 130 Å². The molecule has 3 N–H and O–H groups in total. The van der Waals surface area contributed by atoms with E-state index in [0.717, 1.165) is 5.56 Å². The zero-order valence-corrected chi connectivity index (χ0v) is 16.0. The Bertz CT molecular complexity index is 1120. The summed E-state index contributed by atoms with van der Waals surface area (Å²) < 4.78 is 4.98. The third-order valence-corrected chi connectivity index (χ3v) is 3.93. The molecule has 0 unspecified atom stereocenters. The summed E-state index contributed by atoms with van der Waals surface area (Å²) in [5, 5.41) is 11.3. The van der Waals surface area contributed by atoms with Gasteiger partial charge in [-0.1, -0.05) is 18.2 Å². The normalized spacial score (nSPS) is 10.2. The fourth-order valence-electron chi connectivity index (χ4n) is 2.52. The lowest BCUT2D eigenvalue weighted by Gasteiger charge is -2.09. The van der Waals surface area contributed by atoms with Crippen molar-refractivity contribution in [1.29, 1.82) is 0 Å². The molecule has 0 bridgehead atoms. The van der Waals surface area contributed by atoms with E-state index in [0.29, 0.717) is 17.0 Å². The van der Waals surface area contributed by atoms with Gasteiger partial charge in [-0.05, 0) is 42.0 Å². The summed E-state index contributed by atoms with van der Waals surface area (Å²) in [4.78, 5) is 46.4. The zero-order valence-electron chi connectivity index (χ0n) is 16.0. The number of hydrogen-bond donors (Lipinski definition) is 3. The van der Waals surface area contributed by atoms with Crippen molar-refractivity contribution in [3.05, 3.63) is 87.8 Å². The molecule has 9 nitrogen and oxygen atoms in total. The molecule has 2 aromatic carbocycles. The SMILES string of the molecule is CC(=O)Oc1cccc(C(=O)Nc2ccc(CNC(=O)c3ccc(=O)[nH]n3)cc2)c1. The molecule has 1 heterocycles. The fourth-order valence-corrected chi connectivity index (χ4v) is 2.52. The minimum absolute atomic E-state index is 0.106. The van der Waals surface area contributed by atoms with Gasteiger partial charge in [-0.2, -0.15) is 5.10 Å². The van der Waals surface area contributed by atoms with Gasteiger partial charge in [-0.15, -0.1) is 0 Å². The number of carbonyl (C=O) groups is 3. The molecule has 0 fully saturated rings. The highest BCUT2D eigenvalue weighted by molar-refractivity contribution is 6.04. The summed E-state index contributed by atoms with van der Waals surface area (Å²) in [5.41, 5.74) is 1.44. The number of H-pyrrole nitrogens is 1. The van der Waals surface area contributed by atoms with Crippen LogP contribution in [0.1, 0.15) is 33.3 Å². The molecule has 0 saturated carbocycles. The van der Waals surface area contributed by atoms with Gasteiger partial charge in [0.05, 0.1) is 0 Å². The van der Waals surface area contributed by atoms with E-state index < -0.39 is 11.9 Å². The van der Waals surface area contributed by atoms with Gasteiger partial charge in [0.25, 0.3) is 17.4 Å². The molecule has 3 rings (SSSR count). The van der Waals surface area contributed by atoms with E-state index >= 15 is 0 Å². The molecule has 0 aliphatic heterocycles. The first-order valence-electron chi connectivity index (χ1n) is 8.93. The number of amides is 2. The maximum absolute atomic E-state index is 12.4. The standard InChI is InChI=1S/C21H18N4O5/c1-13(26)30-17-4-2-3-15(11-17)20(28)23-16-7-5-14(6-8-16)12-22-21(29)18-9-10-19(27)25-24-18/h2-11H,12H2,1H3,(H,22,29)(H,23,28)(H,25,27). The largest absolute Gasteiger partial charge is 0.427 e. The van der Waals surface area contributed by atoms with E-state index in [9.17, 15) is 19.2 Å². The summed E-state index contributed by atoms with van der Waals surface area (Å²) in [6.07, 6.45) is 0. The molecule has 0 radical (unpaired) electrons. The van der Waals surface area contributed by atoms with Gasteiger partial charge < -0.3 is 15.4 Å². The van der Waals surface area contributed by atoms with Crippen molar-refractivity contribution in [1.82, 2.24) is 15.5 Å². The molecule has 0 aliphatic rings. The van der Waals surface area contributed by atoms with Gasteiger partial charge in [-0.3, -0.25) is 19.2 Å². The quantitative estimate of drug-likeness (QED) is 0.423. The second-order valence-electron chi connectivity index (χ2n) is 6.26. The van der Waals surface area contributed by atoms with E-state index in [2.05, 4.69) is 20.8 Å². The van der Waals surface area contributed by atoms with E-state index in [1.165, 1.54) is 25.1 Å². The molecule has 152 valence electrons. The Kier molecular flexibility index (Phi) is 6.33. The second kappa shape index (κ2) is 9.28. The van der Waals surface area contributed by atoms with E-state index in [-0.39, 0.29) is 23.7 Å². The molecule has 0 spiro atoms. The molecular weight excluding hydrogens is 388 g/mol. The molecule has 0 saturated heterocycles. The smallest absolute Gasteiger partial charge is 0.308 e. The average molecular weight is 406 g/mol. The number of aromatic nitrogens is 2. The molecular formula is C21H18N4O5. The molecule has 30 heavy (non-hydrogen) atoms. The molecule has 2 amide bonds. The van der Waals surface area contributed by atoms with Crippen molar-refractivity contribution in [2.45, 2.75) is 13.5 Å². The van der Waals surface area contributed by atoms with Crippen molar-refractivity contribution < 1.29 is 19.1 Å². The lowest BCUT2D eigenvalue weighted by molar-refractivity contribution is -0.131. The molecule has 0 aliphatic carbocycles. The van der Waals surface area contributed by atoms with Crippen molar-refractivity contribution in [3.8, 4) is 5.75 Å². The van der Waals surface area contributed by atoms with Gasteiger partial charge in [0.15, 0.2) is 0 Å². The minimum atomic E-state index is -0.466. The molecule has 1 aromatic heterocycles. The highest BCUT2D eigenvalue weighted by Crippen LogP contribution is 2.16.